The Kier molecular flexibility index (Phi) is 5.18. The highest BCUT2D eigenvalue weighted by molar-refractivity contribution is 5.88. The molecule has 0 bridgehead atoms. The van der Waals surface area contributed by atoms with E-state index in [1.54, 1.807) is 12.1 Å². The third kappa shape index (κ3) is 4.05. The van der Waals surface area contributed by atoms with E-state index in [2.05, 4.69) is 46.2 Å². The molecule has 4 aromatic rings. The maximum Gasteiger partial charge on any atom is 0.335 e. The number of piperazine rings is 1. The Morgan fingerprint density at radius 3 is 2.32 bits per heavy atom. The number of benzene rings is 3. The maximum atomic E-state index is 11.1. The van der Waals surface area contributed by atoms with E-state index in [0.29, 0.717) is 5.56 Å². The predicted octanol–water partition coefficient (Wildman–Crippen LogP) is 5.12. The summed E-state index contributed by atoms with van der Waals surface area (Å²) in [6.45, 7) is 4.61. The first-order valence-corrected chi connectivity index (χ1v) is 10.5. The lowest BCUT2D eigenvalue weighted by Crippen LogP contribution is -2.46. The zero-order valence-corrected chi connectivity index (χ0v) is 17.2. The number of carbonyl (C=O) groups is 1. The average Bonchev–Trinajstić information content (AvgIpc) is 3.24. The van der Waals surface area contributed by atoms with Gasteiger partial charge in [0.05, 0.1) is 5.56 Å². The van der Waals surface area contributed by atoms with Crippen molar-refractivity contribution in [2.45, 2.75) is 6.54 Å². The van der Waals surface area contributed by atoms with E-state index in [1.807, 2.05) is 30.3 Å². The van der Waals surface area contributed by atoms with Crippen LogP contribution in [0.5, 0.6) is 0 Å². The van der Waals surface area contributed by atoms with Gasteiger partial charge in [0.1, 0.15) is 11.3 Å². The third-order valence-corrected chi connectivity index (χ3v) is 5.95. The highest BCUT2D eigenvalue weighted by Crippen LogP contribution is 2.31. The molecule has 1 N–H and O–H groups in total. The van der Waals surface area contributed by atoms with Crippen LogP contribution < -0.4 is 4.90 Å². The third-order valence-electron chi connectivity index (χ3n) is 5.95. The lowest BCUT2D eigenvalue weighted by Gasteiger charge is -2.36. The topological polar surface area (TPSA) is 56.9 Å². The molecular weight excluding hydrogens is 388 g/mol. The van der Waals surface area contributed by atoms with E-state index in [4.69, 9.17) is 9.52 Å². The SMILES string of the molecule is O=C(O)c1ccc(N2CCN(Cc3ccccc3-c3cc4ccccc4o3)CC2)cc1. The number of nitrogens with zero attached hydrogens (tertiary/aromatic N) is 2. The van der Waals surface area contributed by atoms with Gasteiger partial charge in [-0.1, -0.05) is 42.5 Å². The Morgan fingerprint density at radius 1 is 0.871 bits per heavy atom. The predicted molar refractivity (Wildman–Crippen MR) is 123 cm³/mol. The van der Waals surface area contributed by atoms with Crippen LogP contribution in [0.4, 0.5) is 5.69 Å². The van der Waals surface area contributed by atoms with Crippen molar-refractivity contribution in [3.8, 4) is 11.3 Å². The molecule has 5 nitrogen and oxygen atoms in total. The number of carboxylic acid groups (broad SMARTS) is 1. The maximum absolute atomic E-state index is 11.1. The van der Waals surface area contributed by atoms with Gasteiger partial charge in [-0.25, -0.2) is 4.79 Å². The summed E-state index contributed by atoms with van der Waals surface area (Å²) >= 11 is 0. The molecular formula is C26H24N2O3. The van der Waals surface area contributed by atoms with Crippen LogP contribution in [0, 0.1) is 0 Å². The molecule has 0 atom stereocenters. The van der Waals surface area contributed by atoms with Crippen LogP contribution in [0.3, 0.4) is 0 Å². The second-order valence-electron chi connectivity index (χ2n) is 7.92. The monoisotopic (exact) mass is 412 g/mol. The second-order valence-corrected chi connectivity index (χ2v) is 7.92. The molecule has 1 fully saturated rings. The molecule has 1 aliphatic rings. The van der Waals surface area contributed by atoms with Crippen molar-refractivity contribution in [2.75, 3.05) is 31.1 Å². The fraction of sp³-hybridized carbons (Fsp3) is 0.192. The molecule has 1 aromatic heterocycles. The number of anilines is 1. The molecule has 0 amide bonds. The Morgan fingerprint density at radius 2 is 1.58 bits per heavy atom. The fourth-order valence-electron chi connectivity index (χ4n) is 4.23. The summed E-state index contributed by atoms with van der Waals surface area (Å²) in [4.78, 5) is 15.8. The van der Waals surface area contributed by atoms with Crippen molar-refractivity contribution in [3.63, 3.8) is 0 Å². The molecule has 0 spiro atoms. The van der Waals surface area contributed by atoms with Crippen molar-refractivity contribution in [1.29, 1.82) is 0 Å². The van der Waals surface area contributed by atoms with Crippen LogP contribution in [-0.4, -0.2) is 42.2 Å². The second kappa shape index (κ2) is 8.28. The number of aromatic carboxylic acids is 1. The molecule has 3 aromatic carbocycles. The van der Waals surface area contributed by atoms with E-state index in [0.717, 1.165) is 60.7 Å². The highest BCUT2D eigenvalue weighted by atomic mass is 16.4. The summed E-state index contributed by atoms with van der Waals surface area (Å²) in [5.41, 5.74) is 4.72. The minimum Gasteiger partial charge on any atom is -0.478 e. The standard InChI is InChI=1S/C26H24N2O3/c29-26(30)19-9-11-22(12-10-19)28-15-13-27(14-16-28)18-21-6-1-3-7-23(21)25-17-20-5-2-4-8-24(20)31-25/h1-12,17H,13-16,18H2,(H,29,30). The van der Waals surface area contributed by atoms with Gasteiger partial charge in [0, 0.05) is 49.4 Å². The van der Waals surface area contributed by atoms with Gasteiger partial charge in [-0.05, 0) is 42.0 Å². The van der Waals surface area contributed by atoms with Crippen molar-refractivity contribution >= 4 is 22.6 Å². The molecule has 5 heteroatoms. The zero-order chi connectivity index (χ0) is 21.2. The van der Waals surface area contributed by atoms with Crippen molar-refractivity contribution in [2.24, 2.45) is 0 Å². The molecule has 0 saturated carbocycles. The molecule has 0 unspecified atom stereocenters. The van der Waals surface area contributed by atoms with Crippen LogP contribution in [0.1, 0.15) is 15.9 Å². The summed E-state index contributed by atoms with van der Waals surface area (Å²) in [5.74, 6) is 0.0217. The molecule has 0 aliphatic carbocycles. The first-order chi connectivity index (χ1) is 15.2. The molecule has 0 radical (unpaired) electrons. The van der Waals surface area contributed by atoms with Crippen LogP contribution in [0.2, 0.25) is 0 Å². The number of furan rings is 1. The summed E-state index contributed by atoms with van der Waals surface area (Å²) in [5, 5.41) is 10.2. The fourth-order valence-corrected chi connectivity index (χ4v) is 4.23. The Balaban J connectivity index is 1.28. The van der Waals surface area contributed by atoms with Gasteiger partial charge in [-0.3, -0.25) is 4.90 Å². The van der Waals surface area contributed by atoms with Crippen LogP contribution in [0.15, 0.2) is 83.3 Å². The highest BCUT2D eigenvalue weighted by Gasteiger charge is 2.19. The van der Waals surface area contributed by atoms with Gasteiger partial charge < -0.3 is 14.4 Å². The average molecular weight is 412 g/mol. The molecule has 31 heavy (non-hydrogen) atoms. The number of fused-ring (bicyclic) bond motifs is 1. The minimum atomic E-state index is -0.889. The lowest BCUT2D eigenvalue weighted by atomic mass is 10.0. The molecule has 1 saturated heterocycles. The summed E-state index contributed by atoms with van der Waals surface area (Å²) < 4.78 is 6.12. The van der Waals surface area contributed by atoms with Crippen molar-refractivity contribution < 1.29 is 14.3 Å². The van der Waals surface area contributed by atoms with Gasteiger partial charge >= 0.3 is 5.97 Å². The van der Waals surface area contributed by atoms with Gasteiger partial charge in [-0.15, -0.1) is 0 Å². The number of hydrogen-bond acceptors (Lipinski definition) is 4. The largest absolute Gasteiger partial charge is 0.478 e. The number of rotatable bonds is 5. The quantitative estimate of drug-likeness (QED) is 0.493. The normalized spacial score (nSPS) is 14.8. The Bertz CT molecular complexity index is 1170. The summed E-state index contributed by atoms with van der Waals surface area (Å²) in [7, 11) is 0. The van der Waals surface area contributed by atoms with Crippen LogP contribution >= 0.6 is 0 Å². The summed E-state index contributed by atoms with van der Waals surface area (Å²) in [6, 6.07) is 25.8. The minimum absolute atomic E-state index is 0.324. The van der Waals surface area contributed by atoms with E-state index < -0.39 is 5.97 Å². The molecule has 2 heterocycles. The van der Waals surface area contributed by atoms with Crippen molar-refractivity contribution in [1.82, 2.24) is 4.90 Å². The Hall–Kier alpha value is -3.57. The lowest BCUT2D eigenvalue weighted by molar-refractivity contribution is 0.0697. The zero-order valence-electron chi connectivity index (χ0n) is 17.2. The van der Waals surface area contributed by atoms with E-state index in [1.165, 1.54) is 5.56 Å². The number of hydrogen-bond donors (Lipinski definition) is 1. The van der Waals surface area contributed by atoms with Crippen molar-refractivity contribution in [3.05, 3.63) is 90.0 Å². The number of carboxylic acids is 1. The molecule has 1 aliphatic heterocycles. The van der Waals surface area contributed by atoms with Crippen LogP contribution in [-0.2, 0) is 6.54 Å². The van der Waals surface area contributed by atoms with Gasteiger partial charge in [-0.2, -0.15) is 0 Å². The Labute approximate surface area is 181 Å². The summed E-state index contributed by atoms with van der Waals surface area (Å²) in [6.07, 6.45) is 0. The first kappa shape index (κ1) is 19.4. The van der Waals surface area contributed by atoms with E-state index in [-0.39, 0.29) is 0 Å². The molecule has 5 rings (SSSR count). The number of para-hydroxylation sites is 1. The van der Waals surface area contributed by atoms with Gasteiger partial charge in [0.25, 0.3) is 0 Å². The van der Waals surface area contributed by atoms with Gasteiger partial charge in [0.15, 0.2) is 0 Å². The van der Waals surface area contributed by atoms with Gasteiger partial charge in [0.2, 0.25) is 0 Å². The van der Waals surface area contributed by atoms with E-state index in [9.17, 15) is 4.79 Å². The molecule has 156 valence electrons. The van der Waals surface area contributed by atoms with Crippen LogP contribution in [0.25, 0.3) is 22.3 Å². The first-order valence-electron chi connectivity index (χ1n) is 10.5. The van der Waals surface area contributed by atoms with E-state index >= 15 is 0 Å². The smallest absolute Gasteiger partial charge is 0.335 e.